The Bertz CT molecular complexity index is 1010. The Morgan fingerprint density at radius 3 is 2.45 bits per heavy atom. The monoisotopic (exact) mass is 416 g/mol. The van der Waals surface area contributed by atoms with E-state index in [2.05, 4.69) is 4.98 Å². The van der Waals surface area contributed by atoms with E-state index in [0.29, 0.717) is 53.7 Å². The number of amides is 1. The highest BCUT2D eigenvalue weighted by Gasteiger charge is 2.26. The third kappa shape index (κ3) is 4.12. The van der Waals surface area contributed by atoms with E-state index in [1.807, 2.05) is 6.07 Å². The summed E-state index contributed by atoms with van der Waals surface area (Å²) in [5.41, 5.74) is 0.870. The second-order valence-electron chi connectivity index (χ2n) is 6.78. The van der Waals surface area contributed by atoms with E-state index in [1.165, 1.54) is 17.4 Å². The average molecular weight is 416 g/mol. The highest BCUT2D eigenvalue weighted by Crippen LogP contribution is 2.31. The van der Waals surface area contributed by atoms with Crippen LogP contribution in [-0.4, -0.2) is 49.2 Å². The van der Waals surface area contributed by atoms with E-state index in [9.17, 15) is 9.18 Å². The number of benzene rings is 2. The van der Waals surface area contributed by atoms with Gasteiger partial charge in [0.05, 0.1) is 18.9 Å². The molecule has 29 heavy (non-hydrogen) atoms. The highest BCUT2D eigenvalue weighted by molar-refractivity contribution is 7.20. The summed E-state index contributed by atoms with van der Waals surface area (Å²) in [4.78, 5) is 18.9. The molecule has 0 atom stereocenters. The van der Waals surface area contributed by atoms with Crippen molar-refractivity contribution in [3.8, 4) is 16.7 Å². The molecule has 1 aliphatic heterocycles. The Hall–Kier alpha value is -2.87. The molecule has 0 unspecified atom stereocenters. The Morgan fingerprint density at radius 1 is 1.14 bits per heavy atom. The van der Waals surface area contributed by atoms with Crippen molar-refractivity contribution in [2.75, 3.05) is 27.3 Å². The minimum Gasteiger partial charge on any atom is -0.497 e. The molecule has 0 saturated carbocycles. The summed E-state index contributed by atoms with van der Waals surface area (Å²) < 4.78 is 31.0. The lowest BCUT2D eigenvalue weighted by Gasteiger charge is -2.31. The van der Waals surface area contributed by atoms with E-state index < -0.39 is 0 Å². The van der Waals surface area contributed by atoms with E-state index in [4.69, 9.17) is 14.2 Å². The quantitative estimate of drug-likeness (QED) is 0.626. The fourth-order valence-electron chi connectivity index (χ4n) is 3.38. The molecule has 1 amide bonds. The fourth-order valence-corrected chi connectivity index (χ4v) is 4.27. The molecule has 6 nitrogen and oxygen atoms in total. The zero-order valence-electron chi connectivity index (χ0n) is 16.2. The number of carbonyl (C=O) groups excluding carboxylic acids is 1. The van der Waals surface area contributed by atoms with E-state index in [0.717, 1.165) is 4.70 Å². The first-order valence-electron chi connectivity index (χ1n) is 9.31. The number of para-hydroxylation sites is 1. The molecule has 0 spiro atoms. The van der Waals surface area contributed by atoms with Crippen LogP contribution in [0.3, 0.4) is 0 Å². The van der Waals surface area contributed by atoms with Crippen LogP contribution in [0, 0.1) is 5.82 Å². The molecule has 1 aliphatic rings. The number of aromatic nitrogens is 1. The number of halogens is 1. The van der Waals surface area contributed by atoms with Gasteiger partial charge in [-0.05, 0) is 24.3 Å². The SMILES string of the molecule is COc1cc(OC)cc(C(=O)N2CCC(Oc3nc4c(F)cccc4s3)CC2)c1. The molecule has 0 N–H and O–H groups in total. The zero-order valence-corrected chi connectivity index (χ0v) is 17.0. The second-order valence-corrected chi connectivity index (χ2v) is 7.77. The molecule has 2 aromatic carbocycles. The molecular formula is C21H21FN2O4S. The molecule has 3 aromatic rings. The van der Waals surface area contributed by atoms with Crippen LogP contribution in [0.2, 0.25) is 0 Å². The van der Waals surface area contributed by atoms with Gasteiger partial charge in [0, 0.05) is 37.6 Å². The number of hydrogen-bond donors (Lipinski definition) is 0. The Morgan fingerprint density at radius 2 is 1.83 bits per heavy atom. The first-order chi connectivity index (χ1) is 14.1. The average Bonchev–Trinajstić information content (AvgIpc) is 3.17. The lowest BCUT2D eigenvalue weighted by molar-refractivity contribution is 0.0595. The maximum atomic E-state index is 13.8. The van der Waals surface area contributed by atoms with Crippen molar-refractivity contribution in [1.29, 1.82) is 0 Å². The first kappa shape index (κ1) is 19.4. The summed E-state index contributed by atoms with van der Waals surface area (Å²) in [6, 6.07) is 10.0. The Balaban J connectivity index is 1.40. The molecule has 8 heteroatoms. The maximum absolute atomic E-state index is 13.8. The van der Waals surface area contributed by atoms with Crippen LogP contribution >= 0.6 is 11.3 Å². The van der Waals surface area contributed by atoms with Gasteiger partial charge in [0.15, 0.2) is 0 Å². The number of nitrogens with zero attached hydrogens (tertiary/aromatic N) is 2. The Kier molecular flexibility index (Phi) is 5.53. The van der Waals surface area contributed by atoms with Gasteiger partial charge in [-0.3, -0.25) is 4.79 Å². The van der Waals surface area contributed by atoms with Crippen molar-refractivity contribution < 1.29 is 23.4 Å². The molecule has 1 fully saturated rings. The predicted molar refractivity (Wildman–Crippen MR) is 109 cm³/mol. The summed E-state index contributed by atoms with van der Waals surface area (Å²) >= 11 is 1.34. The van der Waals surface area contributed by atoms with E-state index in [1.54, 1.807) is 43.4 Å². The van der Waals surface area contributed by atoms with Gasteiger partial charge in [0.2, 0.25) is 0 Å². The minimum atomic E-state index is -0.345. The van der Waals surface area contributed by atoms with Crippen molar-refractivity contribution in [3.63, 3.8) is 0 Å². The predicted octanol–water partition coefficient (Wildman–Crippen LogP) is 4.14. The molecule has 152 valence electrons. The molecule has 1 saturated heterocycles. The van der Waals surface area contributed by atoms with Crippen LogP contribution in [0.4, 0.5) is 4.39 Å². The van der Waals surface area contributed by atoms with Gasteiger partial charge in [-0.25, -0.2) is 4.39 Å². The van der Waals surface area contributed by atoms with Gasteiger partial charge >= 0.3 is 0 Å². The van der Waals surface area contributed by atoms with Crippen LogP contribution < -0.4 is 14.2 Å². The number of likely N-dealkylation sites (tertiary alicyclic amines) is 1. The lowest BCUT2D eigenvalue weighted by atomic mass is 10.1. The fraction of sp³-hybridized carbons (Fsp3) is 0.333. The van der Waals surface area contributed by atoms with Gasteiger partial charge in [0.1, 0.15) is 28.9 Å². The smallest absolute Gasteiger partial charge is 0.274 e. The van der Waals surface area contributed by atoms with Gasteiger partial charge in [-0.15, -0.1) is 0 Å². The number of rotatable bonds is 5. The van der Waals surface area contributed by atoms with Crippen LogP contribution in [0.5, 0.6) is 16.7 Å². The first-order valence-corrected chi connectivity index (χ1v) is 10.1. The maximum Gasteiger partial charge on any atom is 0.274 e. The summed E-state index contributed by atoms with van der Waals surface area (Å²) in [5.74, 6) is 0.744. The molecular weight excluding hydrogens is 395 g/mol. The largest absolute Gasteiger partial charge is 0.497 e. The zero-order chi connectivity index (χ0) is 20.4. The van der Waals surface area contributed by atoms with Crippen molar-refractivity contribution in [1.82, 2.24) is 9.88 Å². The standard InChI is InChI=1S/C21H21FN2O4S/c1-26-15-10-13(11-16(12-15)27-2)20(25)24-8-6-14(7-9-24)28-21-23-19-17(22)4-3-5-18(19)29-21/h3-5,10-12,14H,6-9H2,1-2H3. The van der Waals surface area contributed by atoms with Gasteiger partial charge in [0.25, 0.3) is 11.1 Å². The molecule has 0 bridgehead atoms. The van der Waals surface area contributed by atoms with Crippen molar-refractivity contribution in [2.24, 2.45) is 0 Å². The minimum absolute atomic E-state index is 0.0532. The third-order valence-electron chi connectivity index (χ3n) is 4.95. The number of thiazole rings is 1. The summed E-state index contributed by atoms with van der Waals surface area (Å²) in [7, 11) is 3.11. The number of fused-ring (bicyclic) bond motifs is 1. The molecule has 1 aromatic heterocycles. The highest BCUT2D eigenvalue weighted by atomic mass is 32.1. The number of methoxy groups -OCH3 is 2. The Labute approximate surface area is 171 Å². The van der Waals surface area contributed by atoms with Crippen LogP contribution in [0.25, 0.3) is 10.2 Å². The number of carbonyl (C=O) groups is 1. The third-order valence-corrected chi connectivity index (χ3v) is 5.86. The van der Waals surface area contributed by atoms with Crippen LogP contribution in [0.15, 0.2) is 36.4 Å². The van der Waals surface area contributed by atoms with Crippen LogP contribution in [-0.2, 0) is 0 Å². The van der Waals surface area contributed by atoms with Crippen LogP contribution in [0.1, 0.15) is 23.2 Å². The van der Waals surface area contributed by atoms with Gasteiger partial charge in [-0.1, -0.05) is 17.4 Å². The van der Waals surface area contributed by atoms with Crippen molar-refractivity contribution >= 4 is 27.5 Å². The van der Waals surface area contributed by atoms with E-state index in [-0.39, 0.29) is 17.8 Å². The lowest BCUT2D eigenvalue weighted by Crippen LogP contribution is -2.41. The second kappa shape index (κ2) is 8.24. The number of hydrogen-bond acceptors (Lipinski definition) is 6. The van der Waals surface area contributed by atoms with E-state index >= 15 is 0 Å². The van der Waals surface area contributed by atoms with Crippen molar-refractivity contribution in [2.45, 2.75) is 18.9 Å². The summed E-state index contributed by atoms with van der Waals surface area (Å²) in [5, 5.41) is 0.465. The van der Waals surface area contributed by atoms with Gasteiger partial charge < -0.3 is 19.1 Å². The van der Waals surface area contributed by atoms with Gasteiger partial charge in [-0.2, -0.15) is 4.98 Å². The summed E-state index contributed by atoms with van der Waals surface area (Å²) in [6.45, 7) is 1.14. The topological polar surface area (TPSA) is 60.9 Å². The molecule has 0 aliphatic carbocycles. The molecule has 0 radical (unpaired) electrons. The van der Waals surface area contributed by atoms with Crippen molar-refractivity contribution in [3.05, 3.63) is 47.8 Å². The number of piperidine rings is 1. The molecule has 2 heterocycles. The summed E-state index contributed by atoms with van der Waals surface area (Å²) in [6.07, 6.45) is 1.32. The number of ether oxygens (including phenoxy) is 3. The normalized spacial score (nSPS) is 14.8. The molecule has 4 rings (SSSR count).